The second kappa shape index (κ2) is 4.15. The van der Waals surface area contributed by atoms with Crippen LogP contribution in [0.5, 0.6) is 0 Å². The standard InChI is InChI=1S/C11H19N3/c1-9-7-14(2)8-11(9)13-6-10-3-4-12-5-10/h3-5,9,11-13H,6-8H2,1-2H3. The number of H-pyrrole nitrogens is 1. The molecule has 3 nitrogen and oxygen atoms in total. The molecule has 0 radical (unpaired) electrons. The Labute approximate surface area is 85.5 Å². The lowest BCUT2D eigenvalue weighted by molar-refractivity contribution is 0.396. The lowest BCUT2D eigenvalue weighted by Crippen LogP contribution is -2.34. The average Bonchev–Trinajstić information content (AvgIpc) is 2.72. The molecular weight excluding hydrogens is 174 g/mol. The SMILES string of the molecule is CC1CN(C)CC1NCc1cc[nH]c1. The molecule has 0 spiro atoms. The van der Waals surface area contributed by atoms with Crippen LogP contribution in [-0.4, -0.2) is 36.1 Å². The first kappa shape index (κ1) is 9.74. The number of likely N-dealkylation sites (tertiary alicyclic amines) is 1. The van der Waals surface area contributed by atoms with Crippen LogP contribution in [0.25, 0.3) is 0 Å². The van der Waals surface area contributed by atoms with Gasteiger partial charge in [0.05, 0.1) is 0 Å². The zero-order valence-corrected chi connectivity index (χ0v) is 8.96. The van der Waals surface area contributed by atoms with Crippen LogP contribution in [0.15, 0.2) is 18.5 Å². The number of likely N-dealkylation sites (N-methyl/N-ethyl adjacent to an activating group) is 1. The summed E-state index contributed by atoms with van der Waals surface area (Å²) in [4.78, 5) is 5.46. The van der Waals surface area contributed by atoms with Gasteiger partial charge < -0.3 is 15.2 Å². The third kappa shape index (κ3) is 2.16. The van der Waals surface area contributed by atoms with E-state index in [0.717, 1.165) is 12.5 Å². The van der Waals surface area contributed by atoms with E-state index in [1.165, 1.54) is 18.7 Å². The van der Waals surface area contributed by atoms with Crippen molar-refractivity contribution in [2.24, 2.45) is 5.92 Å². The third-order valence-corrected chi connectivity index (χ3v) is 3.03. The summed E-state index contributed by atoms with van der Waals surface area (Å²) in [5.41, 5.74) is 1.34. The van der Waals surface area contributed by atoms with Crippen LogP contribution in [0.4, 0.5) is 0 Å². The molecule has 3 heteroatoms. The Morgan fingerprint density at radius 1 is 1.57 bits per heavy atom. The molecule has 0 saturated carbocycles. The zero-order valence-electron chi connectivity index (χ0n) is 8.96. The van der Waals surface area contributed by atoms with Crippen LogP contribution in [0.3, 0.4) is 0 Å². The quantitative estimate of drug-likeness (QED) is 0.752. The van der Waals surface area contributed by atoms with Gasteiger partial charge in [0.2, 0.25) is 0 Å². The van der Waals surface area contributed by atoms with Gasteiger partial charge in [-0.05, 0) is 24.6 Å². The number of hydrogen-bond acceptors (Lipinski definition) is 2. The molecule has 1 aliphatic heterocycles. The van der Waals surface area contributed by atoms with E-state index in [1.54, 1.807) is 0 Å². The highest BCUT2D eigenvalue weighted by Crippen LogP contribution is 2.14. The van der Waals surface area contributed by atoms with E-state index in [4.69, 9.17) is 0 Å². The van der Waals surface area contributed by atoms with Crippen molar-refractivity contribution in [3.63, 3.8) is 0 Å². The fraction of sp³-hybridized carbons (Fsp3) is 0.636. The maximum atomic E-state index is 3.60. The predicted molar refractivity (Wildman–Crippen MR) is 58.1 cm³/mol. The van der Waals surface area contributed by atoms with Gasteiger partial charge in [-0.15, -0.1) is 0 Å². The second-order valence-electron chi connectivity index (χ2n) is 4.41. The molecule has 0 bridgehead atoms. The smallest absolute Gasteiger partial charge is 0.0235 e. The van der Waals surface area contributed by atoms with E-state index in [9.17, 15) is 0 Å². The molecule has 78 valence electrons. The van der Waals surface area contributed by atoms with Crippen LogP contribution >= 0.6 is 0 Å². The van der Waals surface area contributed by atoms with Crippen molar-refractivity contribution in [3.05, 3.63) is 24.0 Å². The maximum Gasteiger partial charge on any atom is 0.0235 e. The van der Waals surface area contributed by atoms with Crippen molar-refractivity contribution >= 4 is 0 Å². The number of rotatable bonds is 3. The summed E-state index contributed by atoms with van der Waals surface area (Å²) in [5, 5.41) is 3.60. The highest BCUT2D eigenvalue weighted by atomic mass is 15.2. The molecule has 2 rings (SSSR count). The third-order valence-electron chi connectivity index (χ3n) is 3.03. The lowest BCUT2D eigenvalue weighted by Gasteiger charge is -2.15. The van der Waals surface area contributed by atoms with E-state index in [0.29, 0.717) is 6.04 Å². The Kier molecular flexibility index (Phi) is 2.89. The summed E-state index contributed by atoms with van der Waals surface area (Å²) in [7, 11) is 2.19. The first-order valence-corrected chi connectivity index (χ1v) is 5.29. The minimum absolute atomic E-state index is 0.648. The van der Waals surface area contributed by atoms with Crippen molar-refractivity contribution in [1.29, 1.82) is 0 Å². The highest BCUT2D eigenvalue weighted by molar-refractivity contribution is 5.08. The van der Waals surface area contributed by atoms with Gasteiger partial charge in [-0.25, -0.2) is 0 Å². The van der Waals surface area contributed by atoms with Crippen LogP contribution in [0, 0.1) is 5.92 Å². The van der Waals surface area contributed by atoms with Gasteiger partial charge >= 0.3 is 0 Å². The van der Waals surface area contributed by atoms with Crippen LogP contribution in [-0.2, 0) is 6.54 Å². The van der Waals surface area contributed by atoms with Crippen LogP contribution in [0.2, 0.25) is 0 Å². The van der Waals surface area contributed by atoms with Crippen molar-refractivity contribution in [2.75, 3.05) is 20.1 Å². The minimum atomic E-state index is 0.648. The summed E-state index contributed by atoms with van der Waals surface area (Å²) in [5.74, 6) is 0.763. The van der Waals surface area contributed by atoms with Crippen molar-refractivity contribution in [2.45, 2.75) is 19.5 Å². The van der Waals surface area contributed by atoms with Crippen molar-refractivity contribution in [3.8, 4) is 0 Å². The summed E-state index contributed by atoms with van der Waals surface area (Å²) in [6.45, 7) is 5.68. The van der Waals surface area contributed by atoms with Gasteiger partial charge in [0.25, 0.3) is 0 Å². The van der Waals surface area contributed by atoms with E-state index in [1.807, 2.05) is 6.20 Å². The fourth-order valence-corrected chi connectivity index (χ4v) is 2.19. The molecule has 2 atom stereocenters. The van der Waals surface area contributed by atoms with Gasteiger partial charge in [0.15, 0.2) is 0 Å². The van der Waals surface area contributed by atoms with E-state index in [2.05, 4.69) is 41.4 Å². The number of hydrogen-bond donors (Lipinski definition) is 2. The Morgan fingerprint density at radius 3 is 3.00 bits per heavy atom. The highest BCUT2D eigenvalue weighted by Gasteiger charge is 2.26. The molecule has 1 fully saturated rings. The van der Waals surface area contributed by atoms with Crippen LogP contribution in [0.1, 0.15) is 12.5 Å². The topological polar surface area (TPSA) is 31.1 Å². The molecule has 2 unspecified atom stereocenters. The molecule has 1 aromatic rings. The van der Waals surface area contributed by atoms with Gasteiger partial charge in [-0.2, -0.15) is 0 Å². The molecule has 0 aliphatic carbocycles. The summed E-state index contributed by atoms with van der Waals surface area (Å²) in [6.07, 6.45) is 4.03. The summed E-state index contributed by atoms with van der Waals surface area (Å²) >= 11 is 0. The lowest BCUT2D eigenvalue weighted by atomic mass is 10.1. The summed E-state index contributed by atoms with van der Waals surface area (Å²) in [6, 6.07) is 2.77. The minimum Gasteiger partial charge on any atom is -0.367 e. The Morgan fingerprint density at radius 2 is 2.43 bits per heavy atom. The molecule has 0 aromatic carbocycles. The largest absolute Gasteiger partial charge is 0.367 e. The molecular formula is C11H19N3. The second-order valence-corrected chi connectivity index (χ2v) is 4.41. The Hall–Kier alpha value is -0.800. The monoisotopic (exact) mass is 193 g/mol. The maximum absolute atomic E-state index is 3.60. The normalized spacial score (nSPS) is 28.4. The molecule has 1 aromatic heterocycles. The first-order valence-electron chi connectivity index (χ1n) is 5.29. The molecule has 0 amide bonds. The number of aromatic nitrogens is 1. The van der Waals surface area contributed by atoms with Gasteiger partial charge in [0.1, 0.15) is 0 Å². The average molecular weight is 193 g/mol. The number of nitrogens with zero attached hydrogens (tertiary/aromatic N) is 1. The molecule has 2 heterocycles. The Bertz CT molecular complexity index is 268. The van der Waals surface area contributed by atoms with E-state index >= 15 is 0 Å². The fourth-order valence-electron chi connectivity index (χ4n) is 2.19. The van der Waals surface area contributed by atoms with Gasteiger partial charge in [-0.1, -0.05) is 6.92 Å². The van der Waals surface area contributed by atoms with Crippen LogP contribution < -0.4 is 5.32 Å². The summed E-state index contributed by atoms with van der Waals surface area (Å²) < 4.78 is 0. The van der Waals surface area contributed by atoms with Crippen molar-refractivity contribution in [1.82, 2.24) is 15.2 Å². The zero-order chi connectivity index (χ0) is 9.97. The molecule has 1 saturated heterocycles. The predicted octanol–water partition coefficient (Wildman–Crippen LogP) is 1.05. The molecule has 1 aliphatic rings. The first-order chi connectivity index (χ1) is 6.75. The van der Waals surface area contributed by atoms with E-state index < -0.39 is 0 Å². The molecule has 2 N–H and O–H groups in total. The molecule has 14 heavy (non-hydrogen) atoms. The number of aromatic amines is 1. The van der Waals surface area contributed by atoms with E-state index in [-0.39, 0.29) is 0 Å². The number of nitrogens with one attached hydrogen (secondary N) is 2. The van der Waals surface area contributed by atoms with Gasteiger partial charge in [-0.3, -0.25) is 0 Å². The Balaban J connectivity index is 1.81. The van der Waals surface area contributed by atoms with Gasteiger partial charge in [0, 0.05) is 38.1 Å². The van der Waals surface area contributed by atoms with Crippen molar-refractivity contribution < 1.29 is 0 Å².